The second-order valence-electron chi connectivity index (χ2n) is 6.29. The monoisotopic (exact) mass is 322 g/mol. The number of hydrogen-bond donors (Lipinski definition) is 0. The van der Waals surface area contributed by atoms with Crippen LogP contribution in [0.25, 0.3) is 11.3 Å². The molecule has 0 amide bonds. The second-order valence-corrected chi connectivity index (χ2v) is 6.29. The summed E-state index contributed by atoms with van der Waals surface area (Å²) in [6.07, 6.45) is 0. The van der Waals surface area contributed by atoms with Crippen molar-refractivity contribution in [1.82, 2.24) is 0 Å². The molecule has 2 aromatic rings. The zero-order valence-corrected chi connectivity index (χ0v) is 14.4. The Labute approximate surface area is 140 Å². The lowest BCUT2D eigenvalue weighted by Gasteiger charge is -2.14. The van der Waals surface area contributed by atoms with Crippen molar-refractivity contribution in [2.45, 2.75) is 34.6 Å². The summed E-state index contributed by atoms with van der Waals surface area (Å²) in [7, 11) is 0. The largest absolute Gasteiger partial charge is 0.451 e. The molecule has 3 rings (SSSR count). The average Bonchev–Trinajstić information content (AvgIpc) is 2.91. The number of ketones is 3. The first-order valence-electron chi connectivity index (χ1n) is 7.76. The Morgan fingerprint density at radius 2 is 1.50 bits per heavy atom. The van der Waals surface area contributed by atoms with Crippen LogP contribution in [0.5, 0.6) is 0 Å². The quantitative estimate of drug-likeness (QED) is 0.765. The summed E-state index contributed by atoms with van der Waals surface area (Å²) < 4.78 is 5.76. The van der Waals surface area contributed by atoms with Gasteiger partial charge in [-0.1, -0.05) is 23.8 Å². The molecule has 1 aromatic heterocycles. The Balaban J connectivity index is 2.39. The topological polar surface area (TPSA) is 64.3 Å². The molecule has 0 spiro atoms. The van der Waals surface area contributed by atoms with E-state index in [9.17, 15) is 14.4 Å². The second kappa shape index (κ2) is 5.41. The van der Waals surface area contributed by atoms with Crippen LogP contribution in [0.2, 0.25) is 0 Å². The number of furan rings is 1. The maximum atomic E-state index is 12.8. The van der Waals surface area contributed by atoms with Crippen molar-refractivity contribution < 1.29 is 18.8 Å². The van der Waals surface area contributed by atoms with Gasteiger partial charge in [0.1, 0.15) is 5.76 Å². The van der Waals surface area contributed by atoms with Crippen molar-refractivity contribution in [1.29, 1.82) is 0 Å². The van der Waals surface area contributed by atoms with Gasteiger partial charge in [0.05, 0.1) is 11.1 Å². The zero-order chi connectivity index (χ0) is 17.8. The standard InChI is InChI=1S/C20H18O4/c1-9-6-7-14(10(2)8-9)20-16-15(19(24-20)13(5)21)17(22)11(3)12(4)18(16)23/h6-8H,1-5H3. The van der Waals surface area contributed by atoms with Gasteiger partial charge in [-0.2, -0.15) is 0 Å². The first kappa shape index (κ1) is 16.1. The van der Waals surface area contributed by atoms with E-state index in [1.807, 2.05) is 32.0 Å². The molecular weight excluding hydrogens is 304 g/mol. The summed E-state index contributed by atoms with van der Waals surface area (Å²) in [6, 6.07) is 5.74. The Morgan fingerprint density at radius 1 is 0.917 bits per heavy atom. The van der Waals surface area contributed by atoms with Crippen LogP contribution >= 0.6 is 0 Å². The highest BCUT2D eigenvalue weighted by Gasteiger charge is 2.38. The summed E-state index contributed by atoms with van der Waals surface area (Å²) in [4.78, 5) is 37.4. The lowest BCUT2D eigenvalue weighted by Crippen LogP contribution is -2.20. The van der Waals surface area contributed by atoms with Gasteiger partial charge in [0, 0.05) is 23.6 Å². The molecule has 122 valence electrons. The van der Waals surface area contributed by atoms with Gasteiger partial charge in [-0.05, 0) is 33.3 Å². The molecule has 0 unspecified atom stereocenters. The number of fused-ring (bicyclic) bond motifs is 1. The molecule has 1 heterocycles. The van der Waals surface area contributed by atoms with Gasteiger partial charge in [0.25, 0.3) is 0 Å². The van der Waals surface area contributed by atoms with E-state index < -0.39 is 0 Å². The van der Waals surface area contributed by atoms with E-state index in [1.54, 1.807) is 13.8 Å². The summed E-state index contributed by atoms with van der Waals surface area (Å²) >= 11 is 0. The molecule has 0 bridgehead atoms. The van der Waals surface area contributed by atoms with Crippen molar-refractivity contribution >= 4 is 17.3 Å². The van der Waals surface area contributed by atoms with Gasteiger partial charge >= 0.3 is 0 Å². The van der Waals surface area contributed by atoms with Gasteiger partial charge < -0.3 is 4.42 Å². The number of benzene rings is 1. The van der Waals surface area contributed by atoms with Gasteiger partial charge in [0.2, 0.25) is 0 Å². The molecule has 1 aliphatic rings. The van der Waals surface area contributed by atoms with Crippen molar-refractivity contribution in [3.8, 4) is 11.3 Å². The smallest absolute Gasteiger partial charge is 0.195 e. The van der Waals surface area contributed by atoms with Crippen LogP contribution in [-0.2, 0) is 0 Å². The number of hydrogen-bond acceptors (Lipinski definition) is 4. The molecular formula is C20H18O4. The Hall–Kier alpha value is -2.75. The SMILES string of the molecule is CC(=O)c1oc(-c2ccc(C)cc2C)c2c1C(=O)C(C)=C(C)C2=O. The fourth-order valence-corrected chi connectivity index (χ4v) is 3.09. The van der Waals surface area contributed by atoms with E-state index in [1.165, 1.54) is 6.92 Å². The molecule has 4 nitrogen and oxygen atoms in total. The van der Waals surface area contributed by atoms with Gasteiger partial charge in [0.15, 0.2) is 23.1 Å². The molecule has 0 aliphatic heterocycles. The Kier molecular flexibility index (Phi) is 3.63. The molecule has 0 N–H and O–H groups in total. The number of aryl methyl sites for hydroxylation is 2. The van der Waals surface area contributed by atoms with E-state index in [0.717, 1.165) is 16.7 Å². The van der Waals surface area contributed by atoms with Gasteiger partial charge in [-0.15, -0.1) is 0 Å². The third kappa shape index (κ3) is 2.18. The van der Waals surface area contributed by atoms with E-state index in [-0.39, 0.29) is 34.2 Å². The molecule has 1 aliphatic carbocycles. The van der Waals surface area contributed by atoms with Crippen molar-refractivity contribution in [2.24, 2.45) is 0 Å². The molecule has 0 saturated carbocycles. The highest BCUT2D eigenvalue weighted by Crippen LogP contribution is 2.39. The predicted molar refractivity (Wildman–Crippen MR) is 90.7 cm³/mol. The number of carbonyl (C=O) groups excluding carboxylic acids is 3. The fraction of sp³-hybridized carbons (Fsp3) is 0.250. The predicted octanol–water partition coefficient (Wildman–Crippen LogP) is 4.48. The average molecular weight is 322 g/mol. The molecule has 0 fully saturated rings. The van der Waals surface area contributed by atoms with Gasteiger partial charge in [-0.3, -0.25) is 14.4 Å². The number of allylic oxidation sites excluding steroid dienone is 2. The van der Waals surface area contributed by atoms with Crippen LogP contribution < -0.4 is 0 Å². The molecule has 0 saturated heterocycles. The maximum absolute atomic E-state index is 12.8. The summed E-state index contributed by atoms with van der Waals surface area (Å²) in [5.74, 6) is -0.667. The zero-order valence-electron chi connectivity index (χ0n) is 14.4. The van der Waals surface area contributed by atoms with Gasteiger partial charge in [-0.25, -0.2) is 0 Å². The van der Waals surface area contributed by atoms with E-state index in [0.29, 0.717) is 16.9 Å². The van der Waals surface area contributed by atoms with Crippen LogP contribution in [0.15, 0.2) is 33.8 Å². The summed E-state index contributed by atoms with van der Waals surface area (Å²) in [5, 5.41) is 0. The van der Waals surface area contributed by atoms with Crippen molar-refractivity contribution in [3.05, 3.63) is 57.4 Å². The number of carbonyl (C=O) groups is 3. The fourth-order valence-electron chi connectivity index (χ4n) is 3.09. The van der Waals surface area contributed by atoms with Crippen LogP contribution in [-0.4, -0.2) is 17.3 Å². The lowest BCUT2D eigenvalue weighted by molar-refractivity contribution is 0.0957. The lowest BCUT2D eigenvalue weighted by atomic mass is 9.84. The number of Topliss-reactive ketones (excluding diaryl/α,β-unsaturated/α-hetero) is 3. The van der Waals surface area contributed by atoms with Crippen LogP contribution in [0.4, 0.5) is 0 Å². The highest BCUT2D eigenvalue weighted by atomic mass is 16.4. The molecule has 24 heavy (non-hydrogen) atoms. The maximum Gasteiger partial charge on any atom is 0.195 e. The van der Waals surface area contributed by atoms with Crippen molar-refractivity contribution in [3.63, 3.8) is 0 Å². The van der Waals surface area contributed by atoms with E-state index in [4.69, 9.17) is 4.42 Å². The first-order chi connectivity index (χ1) is 11.2. The van der Waals surface area contributed by atoms with Crippen molar-refractivity contribution in [2.75, 3.05) is 0 Å². The minimum absolute atomic E-state index is 0.0369. The van der Waals surface area contributed by atoms with Crippen LogP contribution in [0.1, 0.15) is 63.2 Å². The minimum atomic E-state index is -0.365. The number of rotatable bonds is 2. The summed E-state index contributed by atoms with van der Waals surface area (Å²) in [5.41, 5.74) is 3.80. The molecule has 0 atom stereocenters. The molecule has 4 heteroatoms. The third-order valence-electron chi connectivity index (χ3n) is 4.55. The van der Waals surface area contributed by atoms with E-state index in [2.05, 4.69) is 0 Å². The first-order valence-corrected chi connectivity index (χ1v) is 7.76. The normalized spacial score (nSPS) is 14.2. The third-order valence-corrected chi connectivity index (χ3v) is 4.55. The Morgan fingerprint density at radius 3 is 2.04 bits per heavy atom. The molecule has 0 radical (unpaired) electrons. The highest BCUT2D eigenvalue weighted by molar-refractivity contribution is 6.30. The molecule has 1 aromatic carbocycles. The van der Waals surface area contributed by atoms with Crippen LogP contribution in [0.3, 0.4) is 0 Å². The minimum Gasteiger partial charge on any atom is -0.451 e. The van der Waals surface area contributed by atoms with E-state index >= 15 is 0 Å². The van der Waals surface area contributed by atoms with Crippen LogP contribution in [0, 0.1) is 13.8 Å². The Bertz CT molecular complexity index is 954. The summed E-state index contributed by atoms with van der Waals surface area (Å²) in [6.45, 7) is 8.45.